The second kappa shape index (κ2) is 16.6. The van der Waals surface area contributed by atoms with E-state index in [0.717, 1.165) is 38.2 Å². The molecule has 1 heterocycles. The molecule has 9 nitrogen and oxygen atoms in total. The minimum atomic E-state index is -0.738. The minimum Gasteiger partial charge on any atom is -0.383 e. The van der Waals surface area contributed by atoms with Gasteiger partial charge in [0.2, 0.25) is 17.7 Å². The fourth-order valence-corrected chi connectivity index (χ4v) is 6.12. The van der Waals surface area contributed by atoms with Crippen LogP contribution in [0.25, 0.3) is 0 Å². The highest BCUT2D eigenvalue weighted by atomic mass is 32.2. The average molecular weight is 549 g/mol. The number of benzene rings is 1. The van der Waals surface area contributed by atoms with Gasteiger partial charge in [0.05, 0.1) is 0 Å². The number of nitrogens with zero attached hydrogens (tertiary/aromatic N) is 3. The van der Waals surface area contributed by atoms with E-state index in [-0.39, 0.29) is 28.3 Å². The highest BCUT2D eigenvalue weighted by Crippen LogP contribution is 2.33. The summed E-state index contributed by atoms with van der Waals surface area (Å²) < 4.78 is 0. The predicted octanol–water partition coefficient (Wildman–Crippen LogP) is 2.36. The highest BCUT2D eigenvalue weighted by molar-refractivity contribution is 8.01. The smallest absolute Gasteiger partial charge is 0.242 e. The third-order valence-corrected chi connectivity index (χ3v) is 8.66. The number of carbonyl (C=O) groups is 3. The number of rotatable bonds is 17. The molecule has 0 bridgehead atoms. The molecule has 2 rings (SSSR count). The Balaban J connectivity index is 1.79. The Morgan fingerprint density at radius 3 is 2.29 bits per heavy atom. The van der Waals surface area contributed by atoms with Crippen molar-refractivity contribution in [3.8, 4) is 0 Å². The molecule has 1 unspecified atom stereocenters. The normalized spacial score (nSPS) is 18.1. The summed E-state index contributed by atoms with van der Waals surface area (Å²) in [5.74, 6) is 0.0111. The number of carbonyl (C=O) groups excluding carboxylic acids is 3. The highest BCUT2D eigenvalue weighted by Gasteiger charge is 2.44. The Hall–Kier alpha value is -2.30. The summed E-state index contributed by atoms with van der Waals surface area (Å²) in [6.07, 6.45) is 2.16. The van der Waals surface area contributed by atoms with Crippen molar-refractivity contribution in [3.05, 3.63) is 29.8 Å². The molecule has 1 aliphatic heterocycles. The number of amides is 3. The second-order valence-corrected chi connectivity index (χ2v) is 10.8. The summed E-state index contributed by atoms with van der Waals surface area (Å²) in [6, 6.07) is 7.40. The lowest BCUT2D eigenvalue weighted by Gasteiger charge is -2.30. The van der Waals surface area contributed by atoms with Gasteiger partial charge in [0.1, 0.15) is 16.7 Å². The fraction of sp³-hybridized carbons (Fsp3) is 0.679. The van der Waals surface area contributed by atoms with Gasteiger partial charge in [0.15, 0.2) is 0 Å². The molecule has 1 aromatic rings. The molecule has 38 heavy (non-hydrogen) atoms. The molecule has 0 aliphatic carbocycles. The molecule has 1 aliphatic rings. The Morgan fingerprint density at radius 2 is 1.71 bits per heavy atom. The summed E-state index contributed by atoms with van der Waals surface area (Å²) in [7, 11) is 0. The molecule has 4 N–H and O–H groups in total. The van der Waals surface area contributed by atoms with Gasteiger partial charge in [-0.05, 0) is 64.4 Å². The zero-order chi connectivity index (χ0) is 28.1. The van der Waals surface area contributed by atoms with Crippen LogP contribution in [-0.2, 0) is 20.8 Å². The lowest BCUT2D eigenvalue weighted by Crippen LogP contribution is -2.53. The molecule has 0 spiro atoms. The van der Waals surface area contributed by atoms with Crippen molar-refractivity contribution in [2.45, 2.75) is 70.5 Å². The lowest BCUT2D eigenvalue weighted by atomic mass is 10.1. The molecule has 3 amide bonds. The number of nitrogens with two attached hydrogens (primary N) is 1. The molecular weight excluding hydrogens is 500 g/mol. The summed E-state index contributed by atoms with van der Waals surface area (Å²) >= 11 is 1.47. The number of anilines is 1. The van der Waals surface area contributed by atoms with E-state index >= 15 is 0 Å². The van der Waals surface area contributed by atoms with Crippen molar-refractivity contribution in [1.82, 2.24) is 20.0 Å². The zero-order valence-electron chi connectivity index (χ0n) is 23.9. The molecule has 0 aromatic heterocycles. The Kier molecular flexibility index (Phi) is 14.0. The summed E-state index contributed by atoms with van der Waals surface area (Å²) in [5, 5.41) is 5.72. The average Bonchev–Trinajstić information content (AvgIpc) is 3.25. The van der Waals surface area contributed by atoms with Crippen LogP contribution in [0.15, 0.2) is 24.3 Å². The Bertz CT molecular complexity index is 876. The molecule has 214 valence electrons. The second-order valence-electron chi connectivity index (χ2n) is 9.48. The number of likely N-dealkylation sites (N-methyl/N-ethyl adjacent to an activating group) is 3. The van der Waals surface area contributed by atoms with Gasteiger partial charge in [-0.1, -0.05) is 26.0 Å². The molecule has 1 aromatic carbocycles. The van der Waals surface area contributed by atoms with Gasteiger partial charge in [-0.25, -0.2) is 0 Å². The van der Waals surface area contributed by atoms with E-state index in [0.29, 0.717) is 39.1 Å². The molecule has 1 saturated heterocycles. The standard InChI is InChI=1S/C28H48N6O3S/c1-6-32(7-2)19-18-30-24(35)13-11-12-21-14-16-22(17-15-21)31-20-23-26(36)34(10-5)28(38-23)25(29)27(37)33(8-3)9-4/h14-17,23,25,28,31H,6-13,18-20,29H2,1-5H3,(H,30,35)/t23-,25-,28?/m1/s1. The van der Waals surface area contributed by atoms with Crippen molar-refractivity contribution in [2.24, 2.45) is 5.73 Å². The van der Waals surface area contributed by atoms with Crippen molar-refractivity contribution < 1.29 is 14.4 Å². The number of hydrogen-bond donors (Lipinski definition) is 3. The van der Waals surface area contributed by atoms with Crippen LogP contribution in [0, 0.1) is 0 Å². The van der Waals surface area contributed by atoms with Crippen LogP contribution in [0.1, 0.15) is 53.0 Å². The SMILES string of the molecule is CCN(CC)CCNC(=O)CCCc1ccc(NC[C@H]2SC([C@H](N)C(=O)N(CC)CC)N(CC)C2=O)cc1. The van der Waals surface area contributed by atoms with Crippen molar-refractivity contribution in [1.29, 1.82) is 0 Å². The number of hydrogen-bond acceptors (Lipinski definition) is 7. The lowest BCUT2D eigenvalue weighted by molar-refractivity contribution is -0.135. The van der Waals surface area contributed by atoms with Crippen LogP contribution in [-0.4, -0.2) is 101 Å². The largest absolute Gasteiger partial charge is 0.383 e. The van der Waals surface area contributed by atoms with Crippen molar-refractivity contribution >= 4 is 35.2 Å². The van der Waals surface area contributed by atoms with Gasteiger partial charge in [-0.2, -0.15) is 0 Å². The van der Waals surface area contributed by atoms with Gasteiger partial charge in [0.25, 0.3) is 0 Å². The molecule has 3 atom stereocenters. The predicted molar refractivity (Wildman–Crippen MR) is 157 cm³/mol. The van der Waals surface area contributed by atoms with Gasteiger partial charge >= 0.3 is 0 Å². The van der Waals surface area contributed by atoms with E-state index in [1.165, 1.54) is 17.3 Å². The van der Waals surface area contributed by atoms with E-state index in [1.807, 2.05) is 32.9 Å². The molecule has 1 fully saturated rings. The first-order valence-corrected chi connectivity index (χ1v) is 15.1. The van der Waals surface area contributed by atoms with Crippen LogP contribution < -0.4 is 16.4 Å². The third-order valence-electron chi connectivity index (χ3n) is 7.14. The fourth-order valence-electron chi connectivity index (χ4n) is 4.66. The maximum atomic E-state index is 13.0. The minimum absolute atomic E-state index is 0.0183. The zero-order valence-corrected chi connectivity index (χ0v) is 24.7. The summed E-state index contributed by atoms with van der Waals surface area (Å²) in [5.41, 5.74) is 8.45. The Labute approximate surface area is 233 Å². The topological polar surface area (TPSA) is 111 Å². The maximum absolute atomic E-state index is 13.0. The van der Waals surface area contributed by atoms with E-state index < -0.39 is 6.04 Å². The van der Waals surface area contributed by atoms with Crippen LogP contribution in [0.5, 0.6) is 0 Å². The molecule has 0 radical (unpaired) electrons. The molecular formula is C28H48N6O3S. The van der Waals surface area contributed by atoms with Gasteiger partial charge < -0.3 is 31.1 Å². The first-order valence-electron chi connectivity index (χ1n) is 14.1. The van der Waals surface area contributed by atoms with Crippen LogP contribution in [0.3, 0.4) is 0 Å². The van der Waals surface area contributed by atoms with E-state index in [4.69, 9.17) is 5.73 Å². The van der Waals surface area contributed by atoms with Gasteiger partial charge in [-0.15, -0.1) is 11.8 Å². The molecule has 10 heteroatoms. The summed E-state index contributed by atoms with van der Waals surface area (Å²) in [6.45, 7) is 15.8. The van der Waals surface area contributed by atoms with Crippen molar-refractivity contribution in [3.63, 3.8) is 0 Å². The van der Waals surface area contributed by atoms with Crippen LogP contribution in [0.4, 0.5) is 5.69 Å². The first-order chi connectivity index (χ1) is 18.3. The van der Waals surface area contributed by atoms with Crippen LogP contribution >= 0.6 is 11.8 Å². The van der Waals surface area contributed by atoms with E-state index in [1.54, 1.807) is 9.80 Å². The number of aryl methyl sites for hydroxylation is 1. The van der Waals surface area contributed by atoms with Crippen molar-refractivity contribution in [2.75, 3.05) is 57.7 Å². The molecule has 0 saturated carbocycles. The van der Waals surface area contributed by atoms with E-state index in [9.17, 15) is 14.4 Å². The van der Waals surface area contributed by atoms with Gasteiger partial charge in [0, 0.05) is 51.4 Å². The van der Waals surface area contributed by atoms with Gasteiger partial charge in [-0.3, -0.25) is 14.4 Å². The summed E-state index contributed by atoms with van der Waals surface area (Å²) in [4.78, 5) is 43.6. The Morgan fingerprint density at radius 1 is 1.05 bits per heavy atom. The number of nitrogens with one attached hydrogen (secondary N) is 2. The number of thioether (sulfide) groups is 1. The first kappa shape index (κ1) is 31.9. The third kappa shape index (κ3) is 9.17. The quantitative estimate of drug-likeness (QED) is 0.274. The monoisotopic (exact) mass is 548 g/mol. The van der Waals surface area contributed by atoms with Crippen LogP contribution in [0.2, 0.25) is 0 Å². The maximum Gasteiger partial charge on any atom is 0.242 e. The van der Waals surface area contributed by atoms with E-state index in [2.05, 4.69) is 41.5 Å².